The van der Waals surface area contributed by atoms with Crippen LogP contribution in [0.5, 0.6) is 0 Å². The van der Waals surface area contributed by atoms with Crippen molar-refractivity contribution in [2.45, 2.75) is 25.7 Å². The Labute approximate surface area is 137 Å². The monoisotopic (exact) mass is 303 g/mol. The molecule has 5 rings (SSSR count). The normalized spacial score (nSPS) is 20.5. The maximum absolute atomic E-state index is 2.60. The lowest BCUT2D eigenvalue weighted by Crippen LogP contribution is -2.25. The summed E-state index contributed by atoms with van der Waals surface area (Å²) in [5.74, 6) is 0. The van der Waals surface area contributed by atoms with E-state index in [-0.39, 0.29) is 0 Å². The standard InChI is InChI=1S/C21H23N2/c1-2-12-22(11-1)19-15-20(23-13-3-4-14-23)18-10-6-8-16-7-5-9-17(19)21(16)18/h5-10,15H,1-4,11-14H2/q+1. The minimum atomic E-state index is 1.21. The van der Waals surface area contributed by atoms with Crippen LogP contribution < -0.4 is 0 Å². The fourth-order valence-corrected chi connectivity index (χ4v) is 4.49. The lowest BCUT2D eigenvalue weighted by Gasteiger charge is -2.26. The topological polar surface area (TPSA) is 6.25 Å². The van der Waals surface area contributed by atoms with Crippen LogP contribution in [0.2, 0.25) is 0 Å². The van der Waals surface area contributed by atoms with Gasteiger partial charge < -0.3 is 4.90 Å². The van der Waals surface area contributed by atoms with Crippen LogP contribution >= 0.6 is 0 Å². The van der Waals surface area contributed by atoms with Crippen LogP contribution in [0.3, 0.4) is 0 Å². The molecule has 2 aliphatic heterocycles. The van der Waals surface area contributed by atoms with Crippen molar-refractivity contribution < 1.29 is 4.58 Å². The van der Waals surface area contributed by atoms with Crippen LogP contribution in [-0.4, -0.2) is 41.4 Å². The molecule has 0 spiro atoms. The van der Waals surface area contributed by atoms with Crippen LogP contribution in [0.15, 0.2) is 42.5 Å². The fraction of sp³-hybridized carbons (Fsp3) is 0.381. The zero-order chi connectivity index (χ0) is 15.2. The van der Waals surface area contributed by atoms with Crippen molar-refractivity contribution >= 4 is 22.2 Å². The summed E-state index contributed by atoms with van der Waals surface area (Å²) >= 11 is 0. The van der Waals surface area contributed by atoms with Gasteiger partial charge in [0.25, 0.3) is 0 Å². The first-order chi connectivity index (χ1) is 11.4. The molecule has 2 aromatic rings. The Morgan fingerprint density at radius 1 is 0.783 bits per heavy atom. The molecule has 0 N–H and O–H groups in total. The van der Waals surface area contributed by atoms with Crippen LogP contribution in [0.25, 0.3) is 16.5 Å². The van der Waals surface area contributed by atoms with Crippen molar-refractivity contribution in [3.63, 3.8) is 0 Å². The van der Waals surface area contributed by atoms with E-state index in [0.717, 1.165) is 0 Å². The second-order valence-electron chi connectivity index (χ2n) is 7.01. The van der Waals surface area contributed by atoms with E-state index in [1.807, 2.05) is 0 Å². The van der Waals surface area contributed by atoms with Gasteiger partial charge in [-0.1, -0.05) is 30.3 Å². The van der Waals surface area contributed by atoms with Gasteiger partial charge in [0.15, 0.2) is 0 Å². The number of hydrogen-bond donors (Lipinski definition) is 0. The molecule has 0 saturated carbocycles. The molecule has 2 nitrogen and oxygen atoms in total. The van der Waals surface area contributed by atoms with Crippen LogP contribution in [0, 0.1) is 0 Å². The number of benzene rings is 2. The van der Waals surface area contributed by atoms with Gasteiger partial charge in [-0.05, 0) is 24.3 Å². The summed E-state index contributed by atoms with van der Waals surface area (Å²) in [4.78, 5) is 2.60. The summed E-state index contributed by atoms with van der Waals surface area (Å²) in [6.07, 6.45) is 7.79. The summed E-state index contributed by atoms with van der Waals surface area (Å²) in [5, 5.41) is 2.84. The zero-order valence-electron chi connectivity index (χ0n) is 13.6. The van der Waals surface area contributed by atoms with E-state index in [2.05, 4.69) is 51.9 Å². The average molecular weight is 303 g/mol. The molecule has 2 saturated heterocycles. The fourth-order valence-electron chi connectivity index (χ4n) is 4.49. The summed E-state index contributed by atoms with van der Waals surface area (Å²) < 4.78 is 2.60. The number of rotatable bonds is 1. The Kier molecular flexibility index (Phi) is 3.04. The summed E-state index contributed by atoms with van der Waals surface area (Å²) in [5.41, 5.74) is 5.77. The molecule has 116 valence electrons. The van der Waals surface area contributed by atoms with E-state index in [1.54, 1.807) is 0 Å². The van der Waals surface area contributed by atoms with E-state index in [9.17, 15) is 0 Å². The Hall–Kier alpha value is -2.09. The first-order valence-corrected chi connectivity index (χ1v) is 9.03. The van der Waals surface area contributed by atoms with Crippen LogP contribution in [-0.2, 0) is 0 Å². The molecule has 2 heterocycles. The van der Waals surface area contributed by atoms with Gasteiger partial charge in [-0.25, -0.2) is 4.58 Å². The molecular weight excluding hydrogens is 280 g/mol. The number of nitrogens with zero attached hydrogens (tertiary/aromatic N) is 2. The molecular formula is C21H23N2+. The van der Waals surface area contributed by atoms with E-state index in [0.29, 0.717) is 0 Å². The van der Waals surface area contributed by atoms with Crippen LogP contribution in [0.1, 0.15) is 36.8 Å². The molecule has 0 atom stereocenters. The third-order valence-corrected chi connectivity index (χ3v) is 5.62. The van der Waals surface area contributed by atoms with Crippen LogP contribution in [0.4, 0.5) is 0 Å². The van der Waals surface area contributed by atoms with Crippen molar-refractivity contribution in [3.8, 4) is 0 Å². The highest BCUT2D eigenvalue weighted by atomic mass is 15.2. The highest BCUT2D eigenvalue weighted by Gasteiger charge is 2.29. The lowest BCUT2D eigenvalue weighted by molar-refractivity contribution is -0.504. The molecule has 0 amide bonds. The smallest absolute Gasteiger partial charge is 0.209 e. The summed E-state index contributed by atoms with van der Waals surface area (Å²) in [6.45, 7) is 4.82. The van der Waals surface area contributed by atoms with Gasteiger partial charge in [0.05, 0.1) is 11.3 Å². The summed E-state index contributed by atoms with van der Waals surface area (Å²) in [6, 6.07) is 13.6. The van der Waals surface area contributed by atoms with Crippen molar-refractivity contribution in [1.82, 2.24) is 4.90 Å². The van der Waals surface area contributed by atoms with Gasteiger partial charge in [-0.3, -0.25) is 0 Å². The Morgan fingerprint density at radius 2 is 1.48 bits per heavy atom. The van der Waals surface area contributed by atoms with Crippen molar-refractivity contribution in [2.75, 3.05) is 26.2 Å². The third-order valence-electron chi connectivity index (χ3n) is 5.62. The average Bonchev–Trinajstić information content (AvgIpc) is 3.30. The molecule has 23 heavy (non-hydrogen) atoms. The van der Waals surface area contributed by atoms with Crippen molar-refractivity contribution in [2.24, 2.45) is 0 Å². The molecule has 0 bridgehead atoms. The molecule has 2 aromatic carbocycles. The van der Waals surface area contributed by atoms with Gasteiger partial charge in [0.2, 0.25) is 5.71 Å². The predicted octanol–water partition coefficient (Wildman–Crippen LogP) is 3.89. The quantitative estimate of drug-likeness (QED) is 0.725. The minimum absolute atomic E-state index is 1.21. The molecule has 1 aliphatic carbocycles. The first kappa shape index (κ1) is 13.4. The molecule has 3 aliphatic rings. The molecule has 0 aromatic heterocycles. The Morgan fingerprint density at radius 3 is 2.22 bits per heavy atom. The molecule has 0 radical (unpaired) electrons. The van der Waals surface area contributed by atoms with Gasteiger partial charge >= 0.3 is 0 Å². The van der Waals surface area contributed by atoms with E-state index in [4.69, 9.17) is 0 Å². The van der Waals surface area contributed by atoms with Gasteiger partial charge in [0, 0.05) is 43.0 Å². The number of likely N-dealkylation sites (tertiary alicyclic amines) is 1. The summed E-state index contributed by atoms with van der Waals surface area (Å²) in [7, 11) is 0. The predicted molar refractivity (Wildman–Crippen MR) is 96.1 cm³/mol. The maximum atomic E-state index is 2.60. The lowest BCUT2D eigenvalue weighted by atomic mass is 9.89. The van der Waals surface area contributed by atoms with Crippen molar-refractivity contribution in [3.05, 3.63) is 53.6 Å². The molecule has 0 unspecified atom stereocenters. The molecule has 2 fully saturated rings. The number of hydrogen-bond acceptors (Lipinski definition) is 1. The minimum Gasteiger partial charge on any atom is -0.371 e. The Balaban J connectivity index is 1.81. The highest BCUT2D eigenvalue weighted by Crippen LogP contribution is 2.36. The van der Waals surface area contributed by atoms with Gasteiger partial charge in [0.1, 0.15) is 13.1 Å². The molecule has 2 heteroatoms. The maximum Gasteiger partial charge on any atom is 0.209 e. The van der Waals surface area contributed by atoms with E-state index < -0.39 is 0 Å². The van der Waals surface area contributed by atoms with E-state index in [1.165, 1.54) is 85.2 Å². The first-order valence-electron chi connectivity index (χ1n) is 9.03. The SMILES string of the molecule is C1=C(N2CCCC2)c2cccc3cccc(c23)C1=[N+]1CCCC1. The zero-order valence-corrected chi connectivity index (χ0v) is 13.6. The second kappa shape index (κ2) is 5.23. The largest absolute Gasteiger partial charge is 0.371 e. The van der Waals surface area contributed by atoms with Gasteiger partial charge in [-0.2, -0.15) is 0 Å². The van der Waals surface area contributed by atoms with Gasteiger partial charge in [-0.15, -0.1) is 0 Å². The van der Waals surface area contributed by atoms with Crippen molar-refractivity contribution in [1.29, 1.82) is 0 Å². The highest BCUT2D eigenvalue weighted by molar-refractivity contribution is 6.22. The number of allylic oxidation sites excluding steroid dienone is 1. The Bertz CT molecular complexity index is 825. The third kappa shape index (κ3) is 2.04. The second-order valence-corrected chi connectivity index (χ2v) is 7.01. The van der Waals surface area contributed by atoms with E-state index >= 15 is 0 Å².